The van der Waals surface area contributed by atoms with Crippen LogP contribution < -0.4 is 29.5 Å². The van der Waals surface area contributed by atoms with Gasteiger partial charge in [0.1, 0.15) is 22.8 Å². The monoisotopic (exact) mass is 834 g/mol. The number of hydrogen-bond acceptors (Lipinski definition) is 14. The van der Waals surface area contributed by atoms with E-state index in [1.807, 2.05) is 0 Å². The number of carbonyl (C=O) groups is 4. The van der Waals surface area contributed by atoms with Crippen molar-refractivity contribution in [2.45, 2.75) is 133 Å². The van der Waals surface area contributed by atoms with Gasteiger partial charge in [0.25, 0.3) is 0 Å². The van der Waals surface area contributed by atoms with Crippen LogP contribution in [0.25, 0.3) is 0 Å². The number of carboxylic acid groups (broad SMARTS) is 1. The standard InChI is InChI=1S/C22H33N3O5.C20H29N3O5.Li.H2O/c1-2-30-21(28)19(27)22(29)11-14-25(15-12-22)18(26)8-4-3-7-17-10-9-16-6-5-13-23-20(16)24-17;24-16(23-12-9-20(28,10-13-23)17(25)19(26)27)6-2-1-5-15-8-7-14-4-3-11-21-18(14)22-15;;/h9-10,19,27,29H,2-8,11-15H2,1H3,(H,23,24);7-8,17,25,28H,1-6,9-13H2,(H,21,22)(H,26,27);;1H2/q;;+1;/p-1. The molecule has 0 saturated carbocycles. The number of pyridine rings is 2. The number of likely N-dealkylation sites (tertiary alicyclic amines) is 2. The predicted molar refractivity (Wildman–Crippen MR) is 217 cm³/mol. The van der Waals surface area contributed by atoms with Gasteiger partial charge in [-0.25, -0.2) is 19.6 Å². The van der Waals surface area contributed by atoms with E-state index in [-0.39, 0.29) is 81.5 Å². The number of anilines is 2. The van der Waals surface area contributed by atoms with Crippen molar-refractivity contribution in [1.29, 1.82) is 0 Å². The Morgan fingerprint density at radius 3 is 1.53 bits per heavy atom. The zero-order valence-corrected chi connectivity index (χ0v) is 35.2. The van der Waals surface area contributed by atoms with Crippen LogP contribution in [0.2, 0.25) is 0 Å². The van der Waals surface area contributed by atoms with Gasteiger partial charge in [0.15, 0.2) is 12.2 Å². The molecule has 6 heterocycles. The Kier molecular flexibility index (Phi) is 20.2. The van der Waals surface area contributed by atoms with E-state index in [9.17, 15) is 39.6 Å². The van der Waals surface area contributed by atoms with Gasteiger partial charge < -0.3 is 56.2 Å². The fourth-order valence-electron chi connectivity index (χ4n) is 8.00. The summed E-state index contributed by atoms with van der Waals surface area (Å²) in [5.41, 5.74) is 1.43. The number of aliphatic hydroxyl groups is 4. The molecule has 2 saturated heterocycles. The number of nitrogens with zero attached hydrogens (tertiary/aromatic N) is 4. The number of aryl methyl sites for hydroxylation is 4. The molecule has 4 aliphatic heterocycles. The topological polar surface area (TPSA) is 265 Å². The van der Waals surface area contributed by atoms with Crippen LogP contribution in [-0.2, 0) is 49.6 Å². The molecule has 0 radical (unpaired) electrons. The molecule has 2 unspecified atom stereocenters. The fourth-order valence-corrected chi connectivity index (χ4v) is 8.00. The summed E-state index contributed by atoms with van der Waals surface area (Å²) in [4.78, 5) is 60.1. The van der Waals surface area contributed by atoms with Crippen LogP contribution >= 0.6 is 0 Å². The van der Waals surface area contributed by atoms with Crippen LogP contribution in [0.4, 0.5) is 11.6 Å². The number of piperidine rings is 2. The second-order valence-corrected chi connectivity index (χ2v) is 16.0. The molecule has 0 bridgehead atoms. The number of fused-ring (bicyclic) bond motifs is 2. The van der Waals surface area contributed by atoms with Crippen LogP contribution in [0, 0.1) is 0 Å². The van der Waals surface area contributed by atoms with E-state index < -0.39 is 35.3 Å². The van der Waals surface area contributed by atoms with Gasteiger partial charge in [-0.05, 0) is 120 Å². The van der Waals surface area contributed by atoms with Gasteiger partial charge in [-0.3, -0.25) is 9.59 Å². The SMILES string of the molecule is CCOC(=O)C(O)C1(O)CCN(C(=O)CCCCc2ccc3c(n2)NCCC3)CC1.O=C(O)C(O)C1(O)CCN(C(=O)CCCCc2ccc3c(n2)NCCC3)CC1.[Li+].[OH-]. The molecule has 0 aliphatic carbocycles. The molecular weight excluding hydrogens is 771 g/mol. The summed E-state index contributed by atoms with van der Waals surface area (Å²) in [6.45, 7) is 4.90. The van der Waals surface area contributed by atoms with Gasteiger partial charge in [0.2, 0.25) is 11.8 Å². The van der Waals surface area contributed by atoms with Gasteiger partial charge in [-0.2, -0.15) is 0 Å². The van der Waals surface area contributed by atoms with Crippen molar-refractivity contribution < 1.29 is 73.8 Å². The van der Waals surface area contributed by atoms with E-state index in [1.165, 1.54) is 11.1 Å². The first-order valence-electron chi connectivity index (χ1n) is 21.0. The van der Waals surface area contributed by atoms with Crippen molar-refractivity contribution in [3.8, 4) is 0 Å². The third-order valence-electron chi connectivity index (χ3n) is 11.8. The van der Waals surface area contributed by atoms with Gasteiger partial charge in [-0.15, -0.1) is 0 Å². The number of amides is 2. The molecule has 0 spiro atoms. The maximum atomic E-state index is 12.5. The van der Waals surface area contributed by atoms with Gasteiger partial charge in [0.05, 0.1) is 6.61 Å². The minimum Gasteiger partial charge on any atom is -0.870 e. The molecule has 2 aromatic heterocycles. The zero-order valence-electron chi connectivity index (χ0n) is 35.2. The van der Waals surface area contributed by atoms with E-state index in [4.69, 9.17) is 9.84 Å². The van der Waals surface area contributed by atoms with E-state index in [2.05, 4.69) is 44.9 Å². The van der Waals surface area contributed by atoms with E-state index in [0.717, 1.165) is 100 Å². The summed E-state index contributed by atoms with van der Waals surface area (Å²) < 4.78 is 4.79. The summed E-state index contributed by atoms with van der Waals surface area (Å²) in [6, 6.07) is 8.42. The van der Waals surface area contributed by atoms with Crippen LogP contribution in [0.1, 0.15) is 106 Å². The molecule has 2 fully saturated rings. The Balaban J connectivity index is 0.000000311. The first kappa shape index (κ1) is 50.5. The molecular formula is C42H63LiN6O11. The number of hydrogen-bond donors (Lipinski definition) is 7. The second-order valence-electron chi connectivity index (χ2n) is 16.0. The van der Waals surface area contributed by atoms with Crippen molar-refractivity contribution in [3.63, 3.8) is 0 Å². The fraction of sp³-hybridized carbons (Fsp3) is 0.667. The predicted octanol–water partition coefficient (Wildman–Crippen LogP) is -0.791. The number of rotatable bonds is 15. The zero-order chi connectivity index (χ0) is 41.7. The van der Waals surface area contributed by atoms with Gasteiger partial charge in [0, 0.05) is 63.5 Å². The van der Waals surface area contributed by atoms with Crippen molar-refractivity contribution in [2.75, 3.05) is 56.5 Å². The average Bonchev–Trinajstić information content (AvgIpc) is 3.23. The van der Waals surface area contributed by atoms with Crippen molar-refractivity contribution in [3.05, 3.63) is 46.8 Å². The average molecular weight is 835 g/mol. The number of ether oxygens (including phenoxy) is 1. The van der Waals surface area contributed by atoms with E-state index >= 15 is 0 Å². The third kappa shape index (κ3) is 13.8. The van der Waals surface area contributed by atoms with Crippen molar-refractivity contribution >= 4 is 35.4 Å². The first-order chi connectivity index (χ1) is 27.8. The molecule has 4 aliphatic rings. The molecule has 17 nitrogen and oxygen atoms in total. The minimum atomic E-state index is -1.82. The normalized spacial score (nSPS) is 18.5. The Morgan fingerprint density at radius 1 is 0.717 bits per heavy atom. The van der Waals surface area contributed by atoms with Gasteiger partial charge in [-0.1, -0.05) is 12.1 Å². The summed E-state index contributed by atoms with van der Waals surface area (Å²) in [7, 11) is 0. The summed E-state index contributed by atoms with van der Waals surface area (Å²) in [6.07, 6.45) is 7.30. The van der Waals surface area contributed by atoms with Crippen LogP contribution in [0.15, 0.2) is 24.3 Å². The largest absolute Gasteiger partial charge is 1.00 e. The Bertz CT molecular complexity index is 1720. The number of aromatic nitrogens is 2. The molecule has 0 aromatic carbocycles. The number of nitrogens with one attached hydrogen (secondary N) is 2. The number of carbonyl (C=O) groups excluding carboxylic acids is 3. The Labute approximate surface area is 364 Å². The number of aliphatic carboxylic acids is 1. The second kappa shape index (κ2) is 24.0. The van der Waals surface area contributed by atoms with Gasteiger partial charge >= 0.3 is 30.8 Å². The molecule has 2 atom stereocenters. The summed E-state index contributed by atoms with van der Waals surface area (Å²) >= 11 is 0. The van der Waals surface area contributed by atoms with Crippen LogP contribution in [0.3, 0.4) is 0 Å². The molecule has 328 valence electrons. The molecule has 2 amide bonds. The first-order valence-corrected chi connectivity index (χ1v) is 21.0. The molecule has 8 N–H and O–H groups in total. The van der Waals surface area contributed by atoms with Crippen LogP contribution in [0.5, 0.6) is 0 Å². The van der Waals surface area contributed by atoms with E-state index in [1.54, 1.807) is 16.7 Å². The quantitative estimate of drug-likeness (QED) is 0.0659. The third-order valence-corrected chi connectivity index (χ3v) is 11.8. The molecule has 18 heteroatoms. The number of carboxylic acids is 1. The minimum absolute atomic E-state index is 0. The summed E-state index contributed by atoms with van der Waals surface area (Å²) in [5.74, 6) is -0.210. The van der Waals surface area contributed by atoms with Crippen molar-refractivity contribution in [1.82, 2.24) is 19.8 Å². The summed E-state index contributed by atoms with van der Waals surface area (Å²) in [5, 5.41) is 56.1. The number of esters is 1. The van der Waals surface area contributed by atoms with E-state index in [0.29, 0.717) is 25.9 Å². The molecule has 2 aromatic rings. The Hall–Kier alpha value is -3.82. The molecule has 6 rings (SSSR count). The number of unbranched alkanes of at least 4 members (excludes halogenated alkanes) is 2. The number of aliphatic hydroxyl groups excluding tert-OH is 2. The van der Waals surface area contributed by atoms with Crippen LogP contribution in [-0.4, -0.2) is 144 Å². The van der Waals surface area contributed by atoms with Crippen molar-refractivity contribution in [2.24, 2.45) is 0 Å². The maximum absolute atomic E-state index is 12.5. The maximum Gasteiger partial charge on any atom is 1.00 e. The molecule has 60 heavy (non-hydrogen) atoms. The Morgan fingerprint density at radius 2 is 1.13 bits per heavy atom. The smallest absolute Gasteiger partial charge is 0.870 e.